The third-order valence-electron chi connectivity index (χ3n) is 6.33. The Morgan fingerprint density at radius 3 is 2.53 bits per heavy atom. The van der Waals surface area contributed by atoms with Crippen LogP contribution in [0.15, 0.2) is 84.1 Å². The molecule has 0 aliphatic carbocycles. The molecule has 194 valence electrons. The van der Waals surface area contributed by atoms with Crippen LogP contribution in [0.25, 0.3) is 0 Å². The van der Waals surface area contributed by atoms with E-state index in [4.69, 9.17) is 16.6 Å². The summed E-state index contributed by atoms with van der Waals surface area (Å²) in [5, 5.41) is 4.45. The first-order valence-corrected chi connectivity index (χ1v) is 13.9. The number of carbonyl (C=O) groups is 1. The smallest absolute Gasteiger partial charge is 0.251 e. The van der Waals surface area contributed by atoms with Crippen LogP contribution in [0.5, 0.6) is 0 Å². The lowest BCUT2D eigenvalue weighted by Crippen LogP contribution is -2.47. The molecule has 1 saturated heterocycles. The molecular formula is C29H29ClN6OS. The molecule has 1 aliphatic rings. The first-order chi connectivity index (χ1) is 18.5. The first kappa shape index (κ1) is 26.0. The van der Waals surface area contributed by atoms with Gasteiger partial charge in [-0.25, -0.2) is 9.97 Å². The number of thioether (sulfide) groups is 1. The summed E-state index contributed by atoms with van der Waals surface area (Å²) >= 11 is 7.98. The number of amides is 1. The van der Waals surface area contributed by atoms with Gasteiger partial charge in [0.1, 0.15) is 5.82 Å². The highest BCUT2D eigenvalue weighted by Gasteiger charge is 2.20. The van der Waals surface area contributed by atoms with Gasteiger partial charge >= 0.3 is 0 Å². The third kappa shape index (κ3) is 6.62. The second-order valence-electron chi connectivity index (χ2n) is 9.07. The number of anilines is 2. The Morgan fingerprint density at radius 2 is 1.74 bits per heavy atom. The van der Waals surface area contributed by atoms with Crippen molar-refractivity contribution in [2.75, 3.05) is 36.0 Å². The van der Waals surface area contributed by atoms with Gasteiger partial charge in [-0.05, 0) is 48.9 Å². The molecule has 5 rings (SSSR count). The molecule has 2 aromatic carbocycles. The molecule has 4 aromatic rings. The van der Waals surface area contributed by atoms with Crippen LogP contribution in [0.2, 0.25) is 5.02 Å². The minimum atomic E-state index is -0.118. The zero-order valence-corrected chi connectivity index (χ0v) is 22.8. The van der Waals surface area contributed by atoms with Crippen LogP contribution in [0.1, 0.15) is 27.3 Å². The number of carbonyl (C=O) groups excluding carboxylic acids is 1. The van der Waals surface area contributed by atoms with E-state index in [-0.39, 0.29) is 5.91 Å². The van der Waals surface area contributed by atoms with Gasteiger partial charge in [0.15, 0.2) is 5.16 Å². The van der Waals surface area contributed by atoms with Crippen LogP contribution in [0.4, 0.5) is 11.5 Å². The van der Waals surface area contributed by atoms with E-state index >= 15 is 0 Å². The van der Waals surface area contributed by atoms with E-state index in [1.165, 1.54) is 0 Å². The molecule has 0 radical (unpaired) electrons. The van der Waals surface area contributed by atoms with E-state index in [1.54, 1.807) is 18.0 Å². The summed E-state index contributed by atoms with van der Waals surface area (Å²) in [6.07, 6.45) is 1.72. The third-order valence-corrected chi connectivity index (χ3v) is 7.57. The molecule has 9 heteroatoms. The van der Waals surface area contributed by atoms with Gasteiger partial charge in [-0.2, -0.15) is 0 Å². The quantitative estimate of drug-likeness (QED) is 0.236. The summed E-state index contributed by atoms with van der Waals surface area (Å²) in [6.45, 7) is 5.88. The molecule has 0 unspecified atom stereocenters. The second kappa shape index (κ2) is 12.3. The molecule has 1 N–H and O–H groups in total. The number of hydrogen-bond acceptors (Lipinski definition) is 7. The van der Waals surface area contributed by atoms with Crippen LogP contribution in [-0.2, 0) is 12.3 Å². The molecular weight excluding hydrogens is 516 g/mol. The van der Waals surface area contributed by atoms with Gasteiger partial charge in [0.05, 0.1) is 22.9 Å². The molecule has 38 heavy (non-hydrogen) atoms. The summed E-state index contributed by atoms with van der Waals surface area (Å²) in [4.78, 5) is 31.0. The zero-order chi connectivity index (χ0) is 26.3. The number of nitrogens with one attached hydrogen (secondary N) is 1. The Morgan fingerprint density at radius 1 is 0.947 bits per heavy atom. The summed E-state index contributed by atoms with van der Waals surface area (Å²) < 4.78 is 0. The summed E-state index contributed by atoms with van der Waals surface area (Å²) in [5.41, 5.74) is 4.51. The Hall–Kier alpha value is -3.62. The first-order valence-electron chi connectivity index (χ1n) is 12.5. The lowest BCUT2D eigenvalue weighted by Gasteiger charge is -2.37. The predicted molar refractivity (Wildman–Crippen MR) is 154 cm³/mol. The number of piperazine rings is 1. The monoisotopic (exact) mass is 544 g/mol. The average Bonchev–Trinajstić information content (AvgIpc) is 2.96. The lowest BCUT2D eigenvalue weighted by atomic mass is 10.1. The van der Waals surface area contributed by atoms with Crippen LogP contribution >= 0.6 is 23.4 Å². The highest BCUT2D eigenvalue weighted by molar-refractivity contribution is 7.98. The maximum absolute atomic E-state index is 12.7. The second-order valence-corrected chi connectivity index (χ2v) is 10.4. The lowest BCUT2D eigenvalue weighted by molar-refractivity contribution is 0.0950. The van der Waals surface area contributed by atoms with Crippen LogP contribution in [-0.4, -0.2) is 47.0 Å². The number of aromatic nitrogens is 3. The Bertz CT molecular complexity index is 1390. The number of para-hydroxylation sites is 1. The van der Waals surface area contributed by atoms with Gasteiger partial charge in [-0.15, -0.1) is 0 Å². The Labute approximate surface area is 232 Å². The number of aryl methyl sites for hydroxylation is 1. The maximum Gasteiger partial charge on any atom is 0.251 e. The number of halogens is 1. The summed E-state index contributed by atoms with van der Waals surface area (Å²) in [6, 6.07) is 23.4. The van der Waals surface area contributed by atoms with Crippen molar-refractivity contribution in [3.05, 3.63) is 107 Å². The van der Waals surface area contributed by atoms with Crippen molar-refractivity contribution in [3.63, 3.8) is 0 Å². The number of nitrogens with zero attached hydrogens (tertiary/aromatic N) is 5. The fraction of sp³-hybridized carbons (Fsp3) is 0.241. The highest BCUT2D eigenvalue weighted by Crippen LogP contribution is 2.28. The summed E-state index contributed by atoms with van der Waals surface area (Å²) in [7, 11) is 0. The predicted octanol–water partition coefficient (Wildman–Crippen LogP) is 5.38. The molecule has 0 spiro atoms. The van der Waals surface area contributed by atoms with Crippen LogP contribution < -0.4 is 15.1 Å². The van der Waals surface area contributed by atoms with Crippen molar-refractivity contribution in [1.82, 2.24) is 20.3 Å². The topological polar surface area (TPSA) is 74.2 Å². The van der Waals surface area contributed by atoms with Crippen LogP contribution in [0.3, 0.4) is 0 Å². The van der Waals surface area contributed by atoms with Crippen molar-refractivity contribution >= 4 is 40.8 Å². The average molecular weight is 545 g/mol. The number of pyridine rings is 1. The normalized spacial score (nSPS) is 13.4. The highest BCUT2D eigenvalue weighted by atomic mass is 35.5. The van der Waals surface area contributed by atoms with Crippen molar-refractivity contribution in [2.24, 2.45) is 0 Å². The van der Waals surface area contributed by atoms with Gasteiger partial charge in [0.2, 0.25) is 0 Å². The van der Waals surface area contributed by atoms with Gasteiger partial charge < -0.3 is 15.1 Å². The standard InChI is InChI=1S/C29H29ClN6OS/c1-21-17-27(36-15-13-35(14-16-36)26-11-3-2-10-25(26)30)34-29(33-21)38-20-22-7-6-8-23(18-22)28(37)32-19-24-9-4-5-12-31-24/h2-12,17-18H,13-16,19-20H2,1H3,(H,32,37). The minimum Gasteiger partial charge on any atom is -0.367 e. The van der Waals surface area contributed by atoms with Crippen molar-refractivity contribution in [3.8, 4) is 0 Å². The van der Waals surface area contributed by atoms with Crippen molar-refractivity contribution < 1.29 is 4.79 Å². The van der Waals surface area contributed by atoms with E-state index in [1.807, 2.05) is 73.7 Å². The Balaban J connectivity index is 1.19. The molecule has 1 aliphatic heterocycles. The fourth-order valence-electron chi connectivity index (χ4n) is 4.36. The number of benzene rings is 2. The molecule has 0 atom stereocenters. The fourth-order valence-corrected chi connectivity index (χ4v) is 5.46. The molecule has 0 saturated carbocycles. The van der Waals surface area contributed by atoms with E-state index < -0.39 is 0 Å². The van der Waals surface area contributed by atoms with E-state index in [9.17, 15) is 4.79 Å². The van der Waals surface area contributed by atoms with Gasteiger partial charge in [0, 0.05) is 55.5 Å². The maximum atomic E-state index is 12.7. The van der Waals surface area contributed by atoms with Crippen molar-refractivity contribution in [1.29, 1.82) is 0 Å². The van der Waals surface area contributed by atoms with E-state index in [0.29, 0.717) is 17.9 Å². The van der Waals surface area contributed by atoms with Gasteiger partial charge in [-0.1, -0.05) is 53.7 Å². The molecule has 1 amide bonds. The largest absolute Gasteiger partial charge is 0.367 e. The van der Waals surface area contributed by atoms with Crippen LogP contribution in [0, 0.1) is 6.92 Å². The number of hydrogen-bond donors (Lipinski definition) is 1. The Kier molecular flexibility index (Phi) is 8.41. The molecule has 2 aromatic heterocycles. The van der Waals surface area contributed by atoms with Gasteiger partial charge in [0.25, 0.3) is 5.91 Å². The SMILES string of the molecule is Cc1cc(N2CCN(c3ccccc3Cl)CC2)nc(SCc2cccc(C(=O)NCc3ccccn3)c2)n1. The minimum absolute atomic E-state index is 0.118. The van der Waals surface area contributed by atoms with Crippen molar-refractivity contribution in [2.45, 2.75) is 24.4 Å². The zero-order valence-electron chi connectivity index (χ0n) is 21.2. The van der Waals surface area contributed by atoms with E-state index in [0.717, 1.165) is 64.8 Å². The van der Waals surface area contributed by atoms with E-state index in [2.05, 4.69) is 31.2 Å². The van der Waals surface area contributed by atoms with Gasteiger partial charge in [-0.3, -0.25) is 9.78 Å². The molecule has 3 heterocycles. The molecule has 0 bridgehead atoms. The molecule has 1 fully saturated rings. The summed E-state index contributed by atoms with van der Waals surface area (Å²) in [5.74, 6) is 1.50. The number of rotatable bonds is 8. The molecule has 7 nitrogen and oxygen atoms in total.